The van der Waals surface area contributed by atoms with Gasteiger partial charge in [-0.25, -0.2) is 13.1 Å². The molecule has 2 aromatic rings. The number of hydrogen-bond acceptors (Lipinski definition) is 6. The van der Waals surface area contributed by atoms with E-state index < -0.39 is 28.4 Å². The van der Waals surface area contributed by atoms with E-state index in [2.05, 4.69) is 4.72 Å². The van der Waals surface area contributed by atoms with E-state index in [0.717, 1.165) is 0 Å². The Bertz CT molecular complexity index is 977. The molecule has 7 nitrogen and oxygen atoms in total. The highest BCUT2D eigenvalue weighted by Crippen LogP contribution is 2.21. The number of nitrogens with one attached hydrogen (secondary N) is 1. The van der Waals surface area contributed by atoms with Crippen LogP contribution in [0.1, 0.15) is 23.7 Å². The SMILES string of the molecule is CCOc1ccc(S(=O)(=O)NCCC(=O)OCC(=O)c2ccc(Cl)cc2Cl)cc1. The molecule has 0 saturated carbocycles. The smallest absolute Gasteiger partial charge is 0.307 e. The van der Waals surface area contributed by atoms with Crippen molar-refractivity contribution >= 4 is 45.0 Å². The van der Waals surface area contributed by atoms with Gasteiger partial charge in [0.05, 0.1) is 22.9 Å². The van der Waals surface area contributed by atoms with Crippen molar-refractivity contribution in [2.75, 3.05) is 19.8 Å². The fraction of sp³-hybridized carbons (Fsp3) is 0.263. The zero-order valence-corrected chi connectivity index (χ0v) is 17.8. The fourth-order valence-corrected chi connectivity index (χ4v) is 3.81. The molecule has 0 amide bonds. The predicted octanol–water partition coefficient (Wildman–Crippen LogP) is 3.49. The maximum atomic E-state index is 12.2. The Balaban J connectivity index is 1.80. The molecule has 0 fully saturated rings. The molecule has 0 unspecified atom stereocenters. The highest BCUT2D eigenvalue weighted by molar-refractivity contribution is 7.89. The van der Waals surface area contributed by atoms with Crippen LogP contribution >= 0.6 is 23.2 Å². The van der Waals surface area contributed by atoms with Gasteiger partial charge in [-0.2, -0.15) is 0 Å². The summed E-state index contributed by atoms with van der Waals surface area (Å²) in [5.74, 6) is -0.659. The van der Waals surface area contributed by atoms with Crippen molar-refractivity contribution in [3.8, 4) is 5.75 Å². The average Bonchev–Trinajstić information content (AvgIpc) is 2.66. The van der Waals surface area contributed by atoms with Gasteiger partial charge < -0.3 is 9.47 Å². The number of esters is 1. The molecule has 10 heteroatoms. The highest BCUT2D eigenvalue weighted by atomic mass is 35.5. The lowest BCUT2D eigenvalue weighted by molar-refractivity contribution is -0.142. The largest absolute Gasteiger partial charge is 0.494 e. The van der Waals surface area contributed by atoms with Crippen LogP contribution < -0.4 is 9.46 Å². The molecule has 156 valence electrons. The molecule has 0 radical (unpaired) electrons. The van der Waals surface area contributed by atoms with Gasteiger partial charge in [-0.3, -0.25) is 9.59 Å². The highest BCUT2D eigenvalue weighted by Gasteiger charge is 2.16. The summed E-state index contributed by atoms with van der Waals surface area (Å²) < 4.78 is 36.9. The molecular formula is C19H19Cl2NO6S. The first-order chi connectivity index (χ1) is 13.7. The minimum Gasteiger partial charge on any atom is -0.494 e. The third kappa shape index (κ3) is 7.01. The molecule has 2 aromatic carbocycles. The predicted molar refractivity (Wildman–Crippen MR) is 109 cm³/mol. The third-order valence-corrected chi connectivity index (χ3v) is 5.69. The minimum atomic E-state index is -3.78. The second-order valence-electron chi connectivity index (χ2n) is 5.76. The number of carbonyl (C=O) groups excluding carboxylic acids is 2. The molecule has 0 spiro atoms. The maximum Gasteiger partial charge on any atom is 0.307 e. The number of sulfonamides is 1. The van der Waals surface area contributed by atoms with Crippen molar-refractivity contribution < 1.29 is 27.5 Å². The number of Topliss-reactive ketones (excluding diaryl/α,β-unsaturated/α-hetero) is 1. The molecule has 0 aliphatic heterocycles. The van der Waals surface area contributed by atoms with Crippen molar-refractivity contribution in [1.82, 2.24) is 4.72 Å². The standard InChI is InChI=1S/C19H19Cl2NO6S/c1-2-27-14-4-6-15(7-5-14)29(25,26)22-10-9-19(24)28-12-18(23)16-8-3-13(20)11-17(16)21/h3-8,11,22H,2,9-10,12H2,1H3. The van der Waals surface area contributed by atoms with Crippen LogP contribution in [-0.2, 0) is 19.6 Å². The Morgan fingerprint density at radius 1 is 1.07 bits per heavy atom. The molecule has 0 heterocycles. The van der Waals surface area contributed by atoms with Crippen LogP contribution in [0.5, 0.6) is 5.75 Å². The van der Waals surface area contributed by atoms with Crippen molar-refractivity contribution in [3.63, 3.8) is 0 Å². The number of benzene rings is 2. The molecule has 0 bridgehead atoms. The summed E-state index contributed by atoms with van der Waals surface area (Å²) in [6.45, 7) is 1.61. The van der Waals surface area contributed by atoms with Crippen molar-refractivity contribution in [2.45, 2.75) is 18.2 Å². The van der Waals surface area contributed by atoms with Gasteiger partial charge in [0.15, 0.2) is 6.61 Å². The first-order valence-corrected chi connectivity index (χ1v) is 10.8. The van der Waals surface area contributed by atoms with Gasteiger partial charge >= 0.3 is 5.97 Å². The number of hydrogen-bond donors (Lipinski definition) is 1. The van der Waals surface area contributed by atoms with Gasteiger partial charge in [-0.15, -0.1) is 0 Å². The molecule has 1 N–H and O–H groups in total. The Kier molecular flexibility index (Phi) is 8.45. The van der Waals surface area contributed by atoms with E-state index in [-0.39, 0.29) is 28.4 Å². The van der Waals surface area contributed by atoms with Gasteiger partial charge in [0.1, 0.15) is 5.75 Å². The topological polar surface area (TPSA) is 98.8 Å². The zero-order valence-electron chi connectivity index (χ0n) is 15.5. The Hall–Kier alpha value is -2.13. The normalized spacial score (nSPS) is 11.1. The van der Waals surface area contributed by atoms with Crippen molar-refractivity contribution in [2.24, 2.45) is 0 Å². The zero-order chi connectivity index (χ0) is 21.4. The Morgan fingerprint density at radius 3 is 2.38 bits per heavy atom. The molecule has 0 aromatic heterocycles. The van der Waals surface area contributed by atoms with Crippen LogP contribution in [0.25, 0.3) is 0 Å². The van der Waals surface area contributed by atoms with E-state index in [0.29, 0.717) is 17.4 Å². The summed E-state index contributed by atoms with van der Waals surface area (Å²) in [5, 5.41) is 0.532. The third-order valence-electron chi connectivity index (χ3n) is 3.66. The quantitative estimate of drug-likeness (QED) is 0.431. The molecule has 2 rings (SSSR count). The summed E-state index contributed by atoms with van der Waals surface area (Å²) in [6.07, 6.45) is -0.238. The fourth-order valence-electron chi connectivity index (χ4n) is 2.26. The van der Waals surface area contributed by atoms with Crippen LogP contribution in [-0.4, -0.2) is 39.9 Å². The molecular weight excluding hydrogens is 441 g/mol. The summed E-state index contributed by atoms with van der Waals surface area (Å²) in [7, 11) is -3.78. The molecule has 29 heavy (non-hydrogen) atoms. The van der Waals surface area contributed by atoms with Crippen molar-refractivity contribution in [3.05, 3.63) is 58.1 Å². The number of ketones is 1. The van der Waals surface area contributed by atoms with Gasteiger partial charge in [-0.1, -0.05) is 23.2 Å². The van der Waals surface area contributed by atoms with E-state index in [9.17, 15) is 18.0 Å². The Morgan fingerprint density at radius 2 is 1.76 bits per heavy atom. The minimum absolute atomic E-state index is 0.0434. The number of halogens is 2. The van der Waals surface area contributed by atoms with Gasteiger partial charge in [-0.05, 0) is 49.4 Å². The number of ether oxygens (including phenoxy) is 2. The number of rotatable bonds is 10. The second-order valence-corrected chi connectivity index (χ2v) is 8.37. The van der Waals surface area contributed by atoms with Gasteiger partial charge in [0.2, 0.25) is 15.8 Å². The monoisotopic (exact) mass is 459 g/mol. The van der Waals surface area contributed by atoms with Gasteiger partial charge in [0, 0.05) is 17.1 Å². The second kappa shape index (κ2) is 10.6. The van der Waals surface area contributed by atoms with E-state index in [1.165, 1.54) is 30.3 Å². The molecule has 0 aliphatic rings. The summed E-state index contributed by atoms with van der Waals surface area (Å²) >= 11 is 11.7. The lowest BCUT2D eigenvalue weighted by atomic mass is 10.1. The van der Waals surface area contributed by atoms with E-state index in [1.807, 2.05) is 6.92 Å². The van der Waals surface area contributed by atoms with Crippen LogP contribution in [0.4, 0.5) is 0 Å². The van der Waals surface area contributed by atoms with Crippen LogP contribution in [0.15, 0.2) is 47.4 Å². The van der Waals surface area contributed by atoms with Crippen LogP contribution in [0.3, 0.4) is 0 Å². The summed E-state index contributed by atoms with van der Waals surface area (Å²) in [5.41, 5.74) is 0.181. The Labute approximate surface area is 179 Å². The maximum absolute atomic E-state index is 12.2. The summed E-state index contributed by atoms with van der Waals surface area (Å²) in [4.78, 5) is 23.9. The summed E-state index contributed by atoms with van der Waals surface area (Å²) in [6, 6.07) is 10.2. The van der Waals surface area contributed by atoms with Crippen LogP contribution in [0, 0.1) is 0 Å². The van der Waals surface area contributed by atoms with Crippen LogP contribution in [0.2, 0.25) is 10.0 Å². The first-order valence-electron chi connectivity index (χ1n) is 8.59. The lowest BCUT2D eigenvalue weighted by Crippen LogP contribution is -2.27. The molecule has 0 aliphatic carbocycles. The molecule has 0 atom stereocenters. The van der Waals surface area contributed by atoms with E-state index in [4.69, 9.17) is 32.7 Å². The van der Waals surface area contributed by atoms with Gasteiger partial charge in [0.25, 0.3) is 0 Å². The van der Waals surface area contributed by atoms with E-state index >= 15 is 0 Å². The number of carbonyl (C=O) groups is 2. The average molecular weight is 460 g/mol. The first kappa shape index (κ1) is 23.2. The lowest BCUT2D eigenvalue weighted by Gasteiger charge is -2.09. The van der Waals surface area contributed by atoms with Crippen molar-refractivity contribution in [1.29, 1.82) is 0 Å². The van der Waals surface area contributed by atoms with E-state index in [1.54, 1.807) is 12.1 Å². The molecule has 0 saturated heterocycles.